The highest BCUT2D eigenvalue weighted by atomic mass is 16.8. The molecule has 0 aliphatic carbocycles. The van der Waals surface area contributed by atoms with E-state index in [0.717, 1.165) is 44.9 Å². The quantitative estimate of drug-likeness (QED) is 0.0760. The number of carbonyl (C=O) groups is 1. The number of carboxylic acid groups (broad SMARTS) is 1. The fourth-order valence-electron chi connectivity index (χ4n) is 4.68. The molecule has 0 radical (unpaired) electrons. The fourth-order valence-corrected chi connectivity index (χ4v) is 4.68. The van der Waals surface area contributed by atoms with Crippen LogP contribution in [0.15, 0.2) is 24.3 Å². The lowest BCUT2D eigenvalue weighted by Crippen LogP contribution is -2.64. The molecule has 0 spiro atoms. The van der Waals surface area contributed by atoms with Crippen molar-refractivity contribution in [3.05, 3.63) is 24.3 Å². The van der Waals surface area contributed by atoms with Crippen LogP contribution in [0, 0.1) is 0 Å². The molecule has 13 nitrogen and oxygen atoms in total. The molecule has 0 saturated carbocycles. The normalized spacial score (nSPS) is 35.3. The molecule has 2 saturated heterocycles. The average Bonchev–Trinajstić information content (AvgIpc) is 2.94. The standard InChI is InChI=1S/C28H48O13/c1-17(13-11-9-7-5-3-2-4-6-8-10-12-14-20(31)32)38-28-26(24(36)22(34)19(16-30)40-28)41-27-25(37)23(35)21(33)18(15-29)39-27/h3,5,9,11,17-19,21-30,33-37H,2,4,6-8,10,12-16H2,1H3,(H,31,32)/b5-3-,11-9+. The van der Waals surface area contributed by atoms with E-state index in [4.69, 9.17) is 24.1 Å². The van der Waals surface area contributed by atoms with Gasteiger partial charge >= 0.3 is 5.97 Å². The predicted molar refractivity (Wildman–Crippen MR) is 144 cm³/mol. The summed E-state index contributed by atoms with van der Waals surface area (Å²) in [7, 11) is 0. The number of carboxylic acids is 1. The highest BCUT2D eigenvalue weighted by Gasteiger charge is 2.51. The van der Waals surface area contributed by atoms with Gasteiger partial charge in [-0.1, -0.05) is 43.6 Å². The lowest BCUT2D eigenvalue weighted by molar-refractivity contribution is -0.370. The van der Waals surface area contributed by atoms with E-state index in [1.807, 2.05) is 12.2 Å². The molecule has 8 N–H and O–H groups in total. The van der Waals surface area contributed by atoms with E-state index in [0.29, 0.717) is 6.42 Å². The molecule has 0 aromatic rings. The molecule has 2 aliphatic rings. The summed E-state index contributed by atoms with van der Waals surface area (Å²) in [4.78, 5) is 10.5. The summed E-state index contributed by atoms with van der Waals surface area (Å²) >= 11 is 0. The molecular weight excluding hydrogens is 544 g/mol. The van der Waals surface area contributed by atoms with Gasteiger partial charge in [-0.05, 0) is 39.0 Å². The van der Waals surface area contributed by atoms with Crippen LogP contribution in [0.4, 0.5) is 0 Å². The first-order chi connectivity index (χ1) is 19.6. The summed E-state index contributed by atoms with van der Waals surface area (Å²) in [5.41, 5.74) is 0. The van der Waals surface area contributed by atoms with Gasteiger partial charge in [0.25, 0.3) is 0 Å². The molecule has 0 aromatic heterocycles. The first-order valence-electron chi connectivity index (χ1n) is 14.4. The molecule has 11 atom stereocenters. The third kappa shape index (κ3) is 11.6. The van der Waals surface area contributed by atoms with Gasteiger partial charge in [0.2, 0.25) is 0 Å². The van der Waals surface area contributed by atoms with Crippen LogP contribution in [0.25, 0.3) is 0 Å². The van der Waals surface area contributed by atoms with Gasteiger partial charge in [0.15, 0.2) is 12.6 Å². The number of aliphatic hydroxyl groups excluding tert-OH is 7. The van der Waals surface area contributed by atoms with Crippen molar-refractivity contribution in [2.24, 2.45) is 0 Å². The second kappa shape index (κ2) is 18.9. The van der Waals surface area contributed by atoms with Crippen LogP contribution < -0.4 is 0 Å². The molecule has 11 unspecified atom stereocenters. The predicted octanol–water partition coefficient (Wildman–Crippen LogP) is -0.276. The summed E-state index contributed by atoms with van der Waals surface area (Å²) in [5.74, 6) is -0.747. The van der Waals surface area contributed by atoms with Crippen molar-refractivity contribution in [2.75, 3.05) is 13.2 Å². The van der Waals surface area contributed by atoms with Crippen molar-refractivity contribution >= 4 is 5.97 Å². The van der Waals surface area contributed by atoms with Crippen LogP contribution in [-0.2, 0) is 23.7 Å². The Bertz CT molecular complexity index is 791. The van der Waals surface area contributed by atoms with Gasteiger partial charge < -0.3 is 59.8 Å². The summed E-state index contributed by atoms with van der Waals surface area (Å²) < 4.78 is 22.6. The smallest absolute Gasteiger partial charge is 0.303 e. The number of aliphatic hydroxyl groups is 7. The summed E-state index contributed by atoms with van der Waals surface area (Å²) in [6.07, 6.45) is -0.0247. The lowest BCUT2D eigenvalue weighted by atomic mass is 9.97. The minimum Gasteiger partial charge on any atom is -0.481 e. The van der Waals surface area contributed by atoms with E-state index in [-0.39, 0.29) is 6.42 Å². The highest BCUT2D eigenvalue weighted by molar-refractivity contribution is 5.66. The maximum atomic E-state index is 10.7. The van der Waals surface area contributed by atoms with E-state index in [9.17, 15) is 40.5 Å². The van der Waals surface area contributed by atoms with Gasteiger partial charge in [0, 0.05) is 6.42 Å². The van der Waals surface area contributed by atoms with Crippen molar-refractivity contribution in [3.8, 4) is 0 Å². The topological polar surface area (TPSA) is 216 Å². The molecule has 238 valence electrons. The van der Waals surface area contributed by atoms with E-state index in [1.165, 1.54) is 0 Å². The molecule has 2 aliphatic heterocycles. The first-order valence-corrected chi connectivity index (χ1v) is 14.4. The van der Waals surface area contributed by atoms with Gasteiger partial charge in [-0.3, -0.25) is 4.79 Å². The lowest BCUT2D eigenvalue weighted by Gasteiger charge is -2.46. The summed E-state index contributed by atoms with van der Waals surface area (Å²) in [5, 5.41) is 79.1. The van der Waals surface area contributed by atoms with E-state index in [1.54, 1.807) is 6.92 Å². The van der Waals surface area contributed by atoms with Crippen LogP contribution in [-0.4, -0.2) is 128 Å². The number of hydrogen-bond donors (Lipinski definition) is 8. The van der Waals surface area contributed by atoms with Gasteiger partial charge in [-0.25, -0.2) is 0 Å². The zero-order chi connectivity index (χ0) is 30.4. The molecule has 0 bridgehead atoms. The third-order valence-electron chi connectivity index (χ3n) is 7.17. The Morgan fingerprint density at radius 1 is 0.756 bits per heavy atom. The van der Waals surface area contributed by atoms with Crippen LogP contribution in [0.3, 0.4) is 0 Å². The van der Waals surface area contributed by atoms with Crippen molar-refractivity contribution < 1.29 is 64.6 Å². The van der Waals surface area contributed by atoms with Crippen molar-refractivity contribution in [2.45, 2.75) is 132 Å². The number of aliphatic carboxylic acids is 1. The van der Waals surface area contributed by atoms with Gasteiger partial charge in [0.05, 0.1) is 19.3 Å². The number of unbranched alkanes of at least 4 members (excludes halogenated alkanes) is 5. The second-order valence-corrected chi connectivity index (χ2v) is 10.6. The Balaban J connectivity index is 1.82. The molecule has 2 fully saturated rings. The van der Waals surface area contributed by atoms with Crippen LogP contribution >= 0.6 is 0 Å². The highest BCUT2D eigenvalue weighted by Crippen LogP contribution is 2.30. The van der Waals surface area contributed by atoms with Crippen LogP contribution in [0.2, 0.25) is 0 Å². The zero-order valence-corrected chi connectivity index (χ0v) is 23.6. The third-order valence-corrected chi connectivity index (χ3v) is 7.17. The molecule has 2 heterocycles. The Kier molecular flexibility index (Phi) is 16.5. The van der Waals surface area contributed by atoms with Crippen LogP contribution in [0.1, 0.15) is 64.7 Å². The molecule has 0 aromatic carbocycles. The maximum absolute atomic E-state index is 10.7. The van der Waals surface area contributed by atoms with Crippen molar-refractivity contribution in [1.82, 2.24) is 0 Å². The minimum atomic E-state index is -1.73. The number of allylic oxidation sites excluding steroid dienone is 3. The molecule has 41 heavy (non-hydrogen) atoms. The van der Waals surface area contributed by atoms with Crippen molar-refractivity contribution in [3.63, 3.8) is 0 Å². The van der Waals surface area contributed by atoms with Gasteiger partial charge in [-0.15, -0.1) is 0 Å². The van der Waals surface area contributed by atoms with Crippen LogP contribution in [0.5, 0.6) is 0 Å². The van der Waals surface area contributed by atoms with Gasteiger partial charge in [0.1, 0.15) is 48.8 Å². The monoisotopic (exact) mass is 592 g/mol. The number of ether oxygens (including phenoxy) is 4. The minimum absolute atomic E-state index is 0.230. The Labute approximate surface area is 240 Å². The Morgan fingerprint density at radius 3 is 2.00 bits per heavy atom. The Hall–Kier alpha value is -1.49. The largest absolute Gasteiger partial charge is 0.481 e. The SMILES string of the molecule is CC(C/C=C/C/C=C\CCCCCCCC(=O)O)OC1OC(CO)C(O)C(O)C1OC1OC(CO)C(O)C(O)C1O. The maximum Gasteiger partial charge on any atom is 0.303 e. The van der Waals surface area contributed by atoms with Crippen molar-refractivity contribution in [1.29, 1.82) is 0 Å². The second-order valence-electron chi connectivity index (χ2n) is 10.6. The first kappa shape index (κ1) is 35.7. The molecular formula is C28H48O13. The summed E-state index contributed by atoms with van der Waals surface area (Å²) in [6.45, 7) is 0.491. The van der Waals surface area contributed by atoms with Gasteiger partial charge in [-0.2, -0.15) is 0 Å². The number of rotatable bonds is 18. The van der Waals surface area contributed by atoms with E-state index >= 15 is 0 Å². The molecule has 13 heteroatoms. The molecule has 0 amide bonds. The van der Waals surface area contributed by atoms with E-state index in [2.05, 4.69) is 12.2 Å². The van der Waals surface area contributed by atoms with E-state index < -0.39 is 86.7 Å². The summed E-state index contributed by atoms with van der Waals surface area (Å²) in [6, 6.07) is 0. The zero-order valence-electron chi connectivity index (χ0n) is 23.6. The fraction of sp³-hybridized carbons (Fsp3) is 0.821. The number of hydrogen-bond acceptors (Lipinski definition) is 12. The molecule has 2 rings (SSSR count). The average molecular weight is 593 g/mol. The Morgan fingerprint density at radius 2 is 1.34 bits per heavy atom.